The number of hydrogen-bond acceptors (Lipinski definition) is 1. The molecule has 0 bridgehead atoms. The lowest BCUT2D eigenvalue weighted by Crippen LogP contribution is -2.10. The van der Waals surface area contributed by atoms with Gasteiger partial charge in [0.1, 0.15) is 0 Å². The Hall–Kier alpha value is -1.38. The Bertz CT molecular complexity index is 440. The van der Waals surface area contributed by atoms with Gasteiger partial charge in [-0.2, -0.15) is 0 Å². The van der Waals surface area contributed by atoms with Crippen molar-refractivity contribution in [2.75, 3.05) is 6.61 Å². The molecular weight excluding hydrogens is 272 g/mol. The van der Waals surface area contributed by atoms with E-state index < -0.39 is 0 Å². The van der Waals surface area contributed by atoms with Gasteiger partial charge in [0.15, 0.2) is 0 Å². The third-order valence-electron chi connectivity index (χ3n) is 3.64. The highest BCUT2D eigenvalue weighted by Gasteiger charge is 2.11. The lowest BCUT2D eigenvalue weighted by molar-refractivity contribution is 0.348. The Morgan fingerprint density at radius 3 is 1.71 bits per heavy atom. The quantitative estimate of drug-likeness (QED) is 0.610. The van der Waals surface area contributed by atoms with Crippen LogP contribution in [0.15, 0.2) is 60.7 Å². The van der Waals surface area contributed by atoms with Gasteiger partial charge in [-0.15, -0.1) is 0 Å². The fourth-order valence-electron chi connectivity index (χ4n) is 2.43. The molecule has 0 aromatic heterocycles. The van der Waals surface area contributed by atoms with Crippen LogP contribution in [0.25, 0.3) is 0 Å². The Morgan fingerprint density at radius 2 is 1.29 bits per heavy atom. The van der Waals surface area contributed by atoms with Crippen molar-refractivity contribution in [1.82, 2.24) is 0 Å². The zero-order valence-electron chi connectivity index (χ0n) is 12.8. The highest BCUT2D eigenvalue weighted by Crippen LogP contribution is 2.21. The van der Waals surface area contributed by atoms with Crippen LogP contribution in [0.2, 0.25) is 5.54 Å². The van der Waals surface area contributed by atoms with Crippen molar-refractivity contribution in [3.63, 3.8) is 0 Å². The first-order valence-electron chi connectivity index (χ1n) is 7.83. The highest BCUT2D eigenvalue weighted by atomic mass is 28.2. The van der Waals surface area contributed by atoms with Gasteiger partial charge in [-0.25, -0.2) is 0 Å². The van der Waals surface area contributed by atoms with Crippen LogP contribution in [0.4, 0.5) is 0 Å². The van der Waals surface area contributed by atoms with Crippen LogP contribution in [0.3, 0.4) is 0 Å². The second-order valence-corrected chi connectivity index (χ2v) is 6.64. The van der Waals surface area contributed by atoms with E-state index in [1.54, 1.807) is 0 Å². The normalized spacial score (nSPS) is 11.0. The molecule has 1 nitrogen and oxygen atoms in total. The molecule has 0 aliphatic rings. The van der Waals surface area contributed by atoms with Crippen molar-refractivity contribution in [1.29, 1.82) is 0 Å². The standard InChI is InChI=1S/C19H24OSi/c1-2-20-21-19(15-13-17-9-5-3-6-10-17)16-14-18-11-7-4-8-12-18/h3-12,19H,2,13-16H2,1H3. The van der Waals surface area contributed by atoms with Crippen molar-refractivity contribution < 1.29 is 4.43 Å². The van der Waals surface area contributed by atoms with Crippen LogP contribution in [-0.4, -0.2) is 16.4 Å². The predicted octanol–water partition coefficient (Wildman–Crippen LogP) is 4.70. The maximum atomic E-state index is 5.70. The zero-order valence-corrected chi connectivity index (χ0v) is 13.8. The highest BCUT2D eigenvalue weighted by molar-refractivity contribution is 6.29. The van der Waals surface area contributed by atoms with E-state index in [1.165, 1.54) is 24.0 Å². The van der Waals surface area contributed by atoms with Gasteiger partial charge in [0.05, 0.1) is 0 Å². The average Bonchev–Trinajstić information content (AvgIpc) is 2.56. The molecule has 0 unspecified atom stereocenters. The fourth-order valence-corrected chi connectivity index (χ4v) is 3.36. The summed E-state index contributed by atoms with van der Waals surface area (Å²) in [6.07, 6.45) is 4.74. The summed E-state index contributed by atoms with van der Waals surface area (Å²) in [7, 11) is 0.627. The smallest absolute Gasteiger partial charge is 0.233 e. The molecule has 0 fully saturated rings. The summed E-state index contributed by atoms with van der Waals surface area (Å²) in [5, 5.41) is 0. The van der Waals surface area contributed by atoms with Crippen LogP contribution in [0.5, 0.6) is 0 Å². The van der Waals surface area contributed by atoms with E-state index in [0.717, 1.165) is 19.4 Å². The largest absolute Gasteiger partial charge is 0.417 e. The lowest BCUT2D eigenvalue weighted by atomic mass is 10.0. The second-order valence-electron chi connectivity index (χ2n) is 5.30. The minimum absolute atomic E-state index is 0.627. The van der Waals surface area contributed by atoms with Crippen LogP contribution in [0, 0.1) is 0 Å². The second kappa shape index (κ2) is 9.53. The summed E-state index contributed by atoms with van der Waals surface area (Å²) in [6, 6.07) is 21.5. The fraction of sp³-hybridized carbons (Fsp3) is 0.368. The molecule has 110 valence electrons. The lowest BCUT2D eigenvalue weighted by Gasteiger charge is -2.15. The molecule has 2 rings (SSSR count). The van der Waals surface area contributed by atoms with Gasteiger partial charge in [0.25, 0.3) is 0 Å². The van der Waals surface area contributed by atoms with Gasteiger partial charge in [-0.1, -0.05) is 60.7 Å². The first-order chi connectivity index (χ1) is 10.4. The van der Waals surface area contributed by atoms with E-state index in [4.69, 9.17) is 4.43 Å². The summed E-state index contributed by atoms with van der Waals surface area (Å²) >= 11 is 0. The molecule has 0 amide bonds. The summed E-state index contributed by atoms with van der Waals surface area (Å²) in [5.74, 6) is 0. The van der Waals surface area contributed by atoms with E-state index in [-0.39, 0.29) is 0 Å². The van der Waals surface area contributed by atoms with E-state index in [2.05, 4.69) is 67.6 Å². The topological polar surface area (TPSA) is 9.23 Å². The van der Waals surface area contributed by atoms with Crippen molar-refractivity contribution in [3.8, 4) is 0 Å². The van der Waals surface area contributed by atoms with Crippen molar-refractivity contribution in [2.45, 2.75) is 38.1 Å². The van der Waals surface area contributed by atoms with Gasteiger partial charge in [-0.05, 0) is 49.3 Å². The number of aryl methyl sites for hydroxylation is 2. The van der Waals surface area contributed by atoms with Crippen molar-refractivity contribution in [2.24, 2.45) is 0 Å². The molecule has 2 radical (unpaired) electrons. The maximum Gasteiger partial charge on any atom is 0.233 e. The number of benzene rings is 2. The van der Waals surface area contributed by atoms with Gasteiger partial charge in [0.2, 0.25) is 9.76 Å². The molecule has 0 aliphatic heterocycles. The molecule has 2 heteroatoms. The van der Waals surface area contributed by atoms with Crippen molar-refractivity contribution in [3.05, 3.63) is 71.8 Å². The monoisotopic (exact) mass is 296 g/mol. The summed E-state index contributed by atoms with van der Waals surface area (Å²) in [5.41, 5.74) is 3.54. The average molecular weight is 296 g/mol. The Balaban J connectivity index is 1.82. The molecule has 0 N–H and O–H groups in total. The van der Waals surface area contributed by atoms with Gasteiger partial charge in [-0.3, -0.25) is 0 Å². The maximum absolute atomic E-state index is 5.70. The van der Waals surface area contributed by atoms with Crippen molar-refractivity contribution >= 4 is 9.76 Å². The molecule has 0 heterocycles. The number of rotatable bonds is 9. The molecule has 0 atom stereocenters. The van der Waals surface area contributed by atoms with Gasteiger partial charge in [0, 0.05) is 6.61 Å². The Kier molecular flexibility index (Phi) is 7.26. The van der Waals surface area contributed by atoms with Crippen LogP contribution < -0.4 is 0 Å². The van der Waals surface area contributed by atoms with Crippen LogP contribution >= 0.6 is 0 Å². The van der Waals surface area contributed by atoms with E-state index in [0.29, 0.717) is 15.3 Å². The van der Waals surface area contributed by atoms with E-state index in [1.807, 2.05) is 0 Å². The molecule has 0 saturated carbocycles. The first kappa shape index (κ1) is 16.0. The molecule has 21 heavy (non-hydrogen) atoms. The summed E-state index contributed by atoms with van der Waals surface area (Å²) in [4.78, 5) is 0. The zero-order chi connectivity index (χ0) is 14.8. The third kappa shape index (κ3) is 6.28. The minimum Gasteiger partial charge on any atom is -0.417 e. The molecule has 0 aliphatic carbocycles. The number of hydrogen-bond donors (Lipinski definition) is 0. The SMILES string of the molecule is CCO[Si]C(CCc1ccccc1)CCc1ccccc1. The Labute approximate surface area is 131 Å². The predicted molar refractivity (Wildman–Crippen MR) is 90.7 cm³/mol. The van der Waals surface area contributed by atoms with Crippen LogP contribution in [-0.2, 0) is 17.3 Å². The van der Waals surface area contributed by atoms with E-state index >= 15 is 0 Å². The van der Waals surface area contributed by atoms with Gasteiger partial charge >= 0.3 is 0 Å². The summed E-state index contributed by atoms with van der Waals surface area (Å²) < 4.78 is 5.70. The van der Waals surface area contributed by atoms with Gasteiger partial charge < -0.3 is 4.43 Å². The molecule has 2 aromatic carbocycles. The molecule has 0 saturated heterocycles. The van der Waals surface area contributed by atoms with E-state index in [9.17, 15) is 0 Å². The van der Waals surface area contributed by atoms with Crippen LogP contribution in [0.1, 0.15) is 30.9 Å². The first-order valence-corrected chi connectivity index (χ1v) is 8.82. The Morgan fingerprint density at radius 1 is 0.810 bits per heavy atom. The molecule has 2 aromatic rings. The third-order valence-corrected chi connectivity index (χ3v) is 5.01. The summed E-state index contributed by atoms with van der Waals surface area (Å²) in [6.45, 7) is 2.91. The minimum atomic E-state index is 0.627. The molecule has 0 spiro atoms. The molecular formula is C19H24OSi.